The Morgan fingerprint density at radius 1 is 1.39 bits per heavy atom. The number of hydrogen-bond donors (Lipinski definition) is 2. The second kappa shape index (κ2) is 8.75. The molecule has 0 aromatic carbocycles. The summed E-state index contributed by atoms with van der Waals surface area (Å²) in [5.74, 6) is 2.20. The lowest BCUT2D eigenvalue weighted by Crippen LogP contribution is -2.38. The molecule has 5 nitrogen and oxygen atoms in total. The van der Waals surface area contributed by atoms with Gasteiger partial charge in [-0.25, -0.2) is 9.98 Å². The van der Waals surface area contributed by atoms with Crippen molar-refractivity contribution in [2.24, 2.45) is 10.9 Å². The second-order valence-electron chi connectivity index (χ2n) is 6.67. The molecule has 0 amide bonds. The fourth-order valence-electron chi connectivity index (χ4n) is 2.44. The first-order chi connectivity index (χ1) is 11.1. The fourth-order valence-corrected chi connectivity index (χ4v) is 2.44. The van der Waals surface area contributed by atoms with Gasteiger partial charge in [-0.3, -0.25) is 0 Å². The van der Waals surface area contributed by atoms with Gasteiger partial charge in [-0.15, -0.1) is 0 Å². The highest BCUT2D eigenvalue weighted by Gasteiger charge is 2.22. The number of pyridine rings is 1. The lowest BCUT2D eigenvalue weighted by molar-refractivity contribution is 0.185. The summed E-state index contributed by atoms with van der Waals surface area (Å²) >= 11 is 0. The predicted octanol–water partition coefficient (Wildman–Crippen LogP) is 3.11. The maximum atomic E-state index is 5.90. The molecule has 0 radical (unpaired) electrons. The van der Waals surface area contributed by atoms with Crippen molar-refractivity contribution >= 4 is 5.96 Å². The summed E-state index contributed by atoms with van der Waals surface area (Å²) in [6, 6.07) is 4.58. The molecule has 1 unspecified atom stereocenters. The Kier molecular flexibility index (Phi) is 6.68. The summed E-state index contributed by atoms with van der Waals surface area (Å²) in [6.45, 7) is 10.1. The molecule has 128 valence electrons. The fraction of sp³-hybridized carbons (Fsp3) is 0.667. The number of nitrogens with one attached hydrogen (secondary N) is 2. The molecule has 1 heterocycles. The van der Waals surface area contributed by atoms with Gasteiger partial charge in [0, 0.05) is 24.8 Å². The third-order valence-electron chi connectivity index (χ3n) is 3.61. The number of aromatic nitrogens is 1. The summed E-state index contributed by atoms with van der Waals surface area (Å²) < 4.78 is 5.90. The van der Waals surface area contributed by atoms with E-state index in [9.17, 15) is 0 Å². The van der Waals surface area contributed by atoms with Crippen LogP contribution in [0.5, 0.6) is 5.88 Å². The van der Waals surface area contributed by atoms with Crippen molar-refractivity contribution in [1.29, 1.82) is 0 Å². The lowest BCUT2D eigenvalue weighted by Gasteiger charge is -2.16. The van der Waals surface area contributed by atoms with Gasteiger partial charge in [0.1, 0.15) is 0 Å². The summed E-state index contributed by atoms with van der Waals surface area (Å²) in [5.41, 5.74) is 1.11. The van der Waals surface area contributed by atoms with Crippen LogP contribution in [0.25, 0.3) is 0 Å². The molecule has 0 spiro atoms. The van der Waals surface area contributed by atoms with Gasteiger partial charge in [0.15, 0.2) is 5.96 Å². The van der Waals surface area contributed by atoms with E-state index < -0.39 is 0 Å². The second-order valence-corrected chi connectivity index (χ2v) is 6.67. The van der Waals surface area contributed by atoms with E-state index in [0.29, 0.717) is 24.4 Å². The Bertz CT molecular complexity index is 511. The molecule has 1 aromatic heterocycles. The molecule has 1 aromatic rings. The predicted molar refractivity (Wildman–Crippen MR) is 94.8 cm³/mol. The van der Waals surface area contributed by atoms with Gasteiger partial charge in [0.05, 0.1) is 12.6 Å². The topological polar surface area (TPSA) is 58.5 Å². The van der Waals surface area contributed by atoms with E-state index in [-0.39, 0.29) is 6.10 Å². The Labute approximate surface area is 139 Å². The normalized spacial score (nSPS) is 16.3. The number of ether oxygens (including phenoxy) is 1. The smallest absolute Gasteiger partial charge is 0.213 e. The third-order valence-corrected chi connectivity index (χ3v) is 3.61. The average Bonchev–Trinajstić information content (AvgIpc) is 3.28. The number of guanidine groups is 1. The first-order valence-electron chi connectivity index (χ1n) is 8.73. The maximum Gasteiger partial charge on any atom is 0.213 e. The zero-order valence-corrected chi connectivity index (χ0v) is 14.8. The molecule has 23 heavy (non-hydrogen) atoms. The minimum absolute atomic E-state index is 0.176. The van der Waals surface area contributed by atoms with Crippen LogP contribution in [-0.4, -0.2) is 29.6 Å². The van der Waals surface area contributed by atoms with Crippen molar-refractivity contribution in [1.82, 2.24) is 15.6 Å². The molecule has 1 atom stereocenters. The van der Waals surface area contributed by atoms with Crippen LogP contribution in [0.4, 0.5) is 0 Å². The van der Waals surface area contributed by atoms with E-state index in [4.69, 9.17) is 4.74 Å². The molecule has 0 bridgehead atoms. The summed E-state index contributed by atoms with van der Waals surface area (Å²) in [6.07, 6.45) is 5.48. The third kappa shape index (κ3) is 6.89. The van der Waals surface area contributed by atoms with Gasteiger partial charge in [0.2, 0.25) is 5.88 Å². The summed E-state index contributed by atoms with van der Waals surface area (Å²) in [4.78, 5) is 8.95. The van der Waals surface area contributed by atoms with Crippen molar-refractivity contribution in [3.8, 4) is 5.88 Å². The van der Waals surface area contributed by atoms with Crippen molar-refractivity contribution in [2.45, 2.75) is 65.6 Å². The molecule has 2 N–H and O–H groups in total. The molecular weight excluding hydrogens is 288 g/mol. The van der Waals surface area contributed by atoms with E-state index in [2.05, 4.69) is 48.3 Å². The highest BCUT2D eigenvalue weighted by atomic mass is 16.5. The van der Waals surface area contributed by atoms with Crippen molar-refractivity contribution < 1.29 is 4.74 Å². The van der Waals surface area contributed by atoms with Crippen LogP contribution in [0.15, 0.2) is 23.3 Å². The van der Waals surface area contributed by atoms with Gasteiger partial charge in [0.25, 0.3) is 0 Å². The van der Waals surface area contributed by atoms with Gasteiger partial charge in [-0.2, -0.15) is 0 Å². The number of rotatable bonds is 8. The molecular formula is C18H30N4O. The van der Waals surface area contributed by atoms with Gasteiger partial charge in [-0.05, 0) is 50.7 Å². The van der Waals surface area contributed by atoms with E-state index in [1.165, 1.54) is 12.8 Å². The highest BCUT2D eigenvalue weighted by molar-refractivity contribution is 5.80. The van der Waals surface area contributed by atoms with Crippen LogP contribution in [-0.2, 0) is 6.54 Å². The standard InChI is InChI=1S/C18H30N4O/c1-5-19-18(22-16-6-7-16)21-12-15-8-9-20-17(11-15)23-14(4)10-13(2)3/h8-9,11,13-14,16H,5-7,10,12H2,1-4H3,(H2,19,21,22). The first-order valence-corrected chi connectivity index (χ1v) is 8.73. The van der Waals surface area contributed by atoms with Crippen LogP contribution in [0.3, 0.4) is 0 Å². The minimum atomic E-state index is 0.176. The molecule has 2 rings (SSSR count). The Hall–Kier alpha value is -1.78. The Morgan fingerprint density at radius 2 is 2.17 bits per heavy atom. The van der Waals surface area contributed by atoms with Crippen LogP contribution < -0.4 is 15.4 Å². The Balaban J connectivity index is 1.92. The number of aliphatic imine (C=N–C) groups is 1. The molecule has 1 saturated carbocycles. The SMILES string of the molecule is CCNC(=NCc1ccnc(OC(C)CC(C)C)c1)NC1CC1. The highest BCUT2D eigenvalue weighted by Crippen LogP contribution is 2.18. The van der Waals surface area contributed by atoms with Gasteiger partial charge in [-0.1, -0.05) is 13.8 Å². The summed E-state index contributed by atoms with van der Waals surface area (Å²) in [5, 5.41) is 6.71. The lowest BCUT2D eigenvalue weighted by atomic mass is 10.1. The van der Waals surface area contributed by atoms with Crippen LogP contribution >= 0.6 is 0 Å². The molecule has 5 heteroatoms. The van der Waals surface area contributed by atoms with Crippen molar-refractivity contribution in [2.75, 3.05) is 6.54 Å². The largest absolute Gasteiger partial charge is 0.475 e. The molecule has 0 saturated heterocycles. The van der Waals surface area contributed by atoms with E-state index >= 15 is 0 Å². The number of hydrogen-bond acceptors (Lipinski definition) is 3. The molecule has 1 aliphatic rings. The van der Waals surface area contributed by atoms with Crippen molar-refractivity contribution in [3.05, 3.63) is 23.9 Å². The zero-order valence-electron chi connectivity index (χ0n) is 14.8. The van der Waals surface area contributed by atoms with Crippen LogP contribution in [0.2, 0.25) is 0 Å². The van der Waals surface area contributed by atoms with Crippen molar-refractivity contribution in [3.63, 3.8) is 0 Å². The first kappa shape index (κ1) is 17.6. The summed E-state index contributed by atoms with van der Waals surface area (Å²) in [7, 11) is 0. The zero-order chi connectivity index (χ0) is 16.7. The molecule has 0 aliphatic heterocycles. The van der Waals surface area contributed by atoms with Gasteiger partial charge >= 0.3 is 0 Å². The average molecular weight is 318 g/mol. The maximum absolute atomic E-state index is 5.90. The molecule has 1 fully saturated rings. The van der Waals surface area contributed by atoms with Crippen LogP contribution in [0.1, 0.15) is 52.5 Å². The van der Waals surface area contributed by atoms with E-state index in [1.54, 1.807) is 6.20 Å². The number of nitrogens with zero attached hydrogens (tertiary/aromatic N) is 2. The van der Waals surface area contributed by atoms with Gasteiger partial charge < -0.3 is 15.4 Å². The van der Waals surface area contributed by atoms with Crippen LogP contribution in [0, 0.1) is 5.92 Å². The monoisotopic (exact) mass is 318 g/mol. The molecule has 1 aliphatic carbocycles. The van der Waals surface area contributed by atoms with E-state index in [0.717, 1.165) is 24.5 Å². The minimum Gasteiger partial charge on any atom is -0.475 e. The Morgan fingerprint density at radius 3 is 2.83 bits per heavy atom. The quantitative estimate of drug-likeness (QED) is 0.571. The van der Waals surface area contributed by atoms with E-state index in [1.807, 2.05) is 12.1 Å².